The van der Waals surface area contributed by atoms with E-state index in [4.69, 9.17) is 9.94 Å². The minimum atomic E-state index is -0.685. The fourth-order valence-electron chi connectivity index (χ4n) is 4.84. The van der Waals surface area contributed by atoms with Crippen molar-refractivity contribution in [1.82, 2.24) is 10.3 Å². The number of anilines is 1. The Morgan fingerprint density at radius 1 is 0.981 bits per heavy atom. The number of nitrogens with two attached hydrogens (primary N) is 1. The van der Waals surface area contributed by atoms with Crippen LogP contribution in [0.4, 0.5) is 5.13 Å². The molecule has 0 aliphatic rings. The van der Waals surface area contributed by atoms with Gasteiger partial charge >= 0.3 is 5.97 Å². The van der Waals surface area contributed by atoms with Crippen molar-refractivity contribution < 1.29 is 38.7 Å². The average Bonchev–Trinajstić information content (AvgIpc) is 3.67. The third-order valence-electron chi connectivity index (χ3n) is 7.67. The van der Waals surface area contributed by atoms with Crippen LogP contribution < -0.4 is 21.3 Å². The number of ketones is 1. The molecule has 0 bridgehead atoms. The van der Waals surface area contributed by atoms with Gasteiger partial charge < -0.3 is 30.1 Å². The largest absolute Gasteiger partial charge is 0.481 e. The number of hydrogen-bond donors (Lipinski definition) is 4. The van der Waals surface area contributed by atoms with Gasteiger partial charge in [0.25, 0.3) is 0 Å². The summed E-state index contributed by atoms with van der Waals surface area (Å²) >= 11 is 1.36. The molecule has 2 atom stereocenters. The third kappa shape index (κ3) is 25.6. The Hall–Kier alpha value is -4.38. The molecule has 2 amide bonds. The van der Waals surface area contributed by atoms with E-state index in [1.165, 1.54) is 44.1 Å². The Morgan fingerprint density at radius 2 is 1.65 bits per heavy atom. The molecule has 1 aromatic heterocycles. The lowest BCUT2D eigenvalue weighted by molar-refractivity contribution is -0.144. The third-order valence-corrected chi connectivity index (χ3v) is 8.35. The summed E-state index contributed by atoms with van der Waals surface area (Å²) < 4.78 is 10.0. The van der Waals surface area contributed by atoms with Gasteiger partial charge in [-0.3, -0.25) is 14.4 Å². The molecular weight excluding hydrogens is 685 g/mol. The maximum atomic E-state index is 11.9. The van der Waals surface area contributed by atoms with Crippen LogP contribution >= 0.6 is 11.3 Å². The zero-order valence-corrected chi connectivity index (χ0v) is 31.8. The van der Waals surface area contributed by atoms with E-state index >= 15 is 0 Å². The number of ether oxygens (including phenoxy) is 2. The van der Waals surface area contributed by atoms with Crippen LogP contribution in [0.1, 0.15) is 109 Å². The maximum absolute atomic E-state index is 11.9. The van der Waals surface area contributed by atoms with E-state index in [0.717, 1.165) is 63.2 Å². The molecule has 0 aliphatic heterocycles. The highest BCUT2D eigenvalue weighted by atomic mass is 32.1. The van der Waals surface area contributed by atoms with Gasteiger partial charge in [-0.2, -0.15) is 0 Å². The van der Waals surface area contributed by atoms with Gasteiger partial charge in [0.1, 0.15) is 30.5 Å². The summed E-state index contributed by atoms with van der Waals surface area (Å²) in [5.74, 6) is 9.22. The van der Waals surface area contributed by atoms with Crippen molar-refractivity contribution in [2.75, 3.05) is 19.0 Å². The summed E-state index contributed by atoms with van der Waals surface area (Å²) in [6.07, 6.45) is 21.0. The van der Waals surface area contributed by atoms with Crippen LogP contribution in [-0.2, 0) is 35.1 Å². The van der Waals surface area contributed by atoms with Crippen molar-refractivity contribution >= 4 is 46.8 Å². The number of thiazole rings is 1. The molecule has 2 aromatic rings. The van der Waals surface area contributed by atoms with Gasteiger partial charge in [-0.1, -0.05) is 75.7 Å². The van der Waals surface area contributed by atoms with Gasteiger partial charge in [-0.25, -0.2) is 15.7 Å². The molecule has 0 saturated carbocycles. The molecule has 0 spiro atoms. The van der Waals surface area contributed by atoms with Crippen molar-refractivity contribution in [3.63, 3.8) is 0 Å². The second-order valence-electron chi connectivity index (χ2n) is 11.8. The molecule has 5 N–H and O–H groups in total. The zero-order valence-electron chi connectivity index (χ0n) is 31.0. The maximum Gasteiger partial charge on any atom is 0.328 e. The summed E-state index contributed by atoms with van der Waals surface area (Å²) in [4.78, 5) is 60.9. The number of allylic oxidation sites excluding steroid dienone is 2. The van der Waals surface area contributed by atoms with Gasteiger partial charge in [0.05, 0.1) is 7.11 Å². The lowest BCUT2D eigenvalue weighted by Crippen LogP contribution is -2.38. The summed E-state index contributed by atoms with van der Waals surface area (Å²) in [6.45, 7) is 4.29. The van der Waals surface area contributed by atoms with Crippen molar-refractivity contribution in [1.29, 1.82) is 0 Å². The van der Waals surface area contributed by atoms with Crippen molar-refractivity contribution in [3.05, 3.63) is 53.6 Å². The molecular formula is C39H58N4O8S. The number of nitrogens with zero attached hydrogens (tertiary/aromatic N) is 1. The van der Waals surface area contributed by atoms with Crippen LogP contribution in [-0.4, -0.2) is 60.3 Å². The molecule has 0 saturated heterocycles. The first-order valence-corrected chi connectivity index (χ1v) is 18.7. The molecule has 0 fully saturated rings. The van der Waals surface area contributed by atoms with Crippen LogP contribution in [0.3, 0.4) is 0 Å². The fourth-order valence-corrected chi connectivity index (χ4v) is 5.39. The Bertz CT molecular complexity index is 1320. The number of hydrogen-bond acceptors (Lipinski definition) is 11. The van der Waals surface area contributed by atoms with Crippen LogP contribution in [0.2, 0.25) is 0 Å². The van der Waals surface area contributed by atoms with E-state index in [2.05, 4.69) is 51.1 Å². The van der Waals surface area contributed by atoms with Crippen molar-refractivity contribution in [2.45, 2.75) is 116 Å². The number of Topliss-reactive ketones (excluding diaryl/α,β-unsaturated/α-hetero) is 1. The number of rotatable bonds is 26. The molecule has 1 aromatic carbocycles. The standard InChI is InChI=1S/C24H38N2O3S.C15H17NO4.H3NO/c1-2-3-4-8-12-15-22(28)16-13-10-7-5-6-9-11-14-21(20-27)19-23(29)26-24-25-17-18-30-24;1-3-4-9-20-13-7-5-12(6-8-13)10-14(16-11-17)15(18)19-2;1-2/h9,11,17-18,20-21H,2-8,10,12-16,19H2,1H3,(H,25,26,29);5-8,11,14H,9-10H2,1-2H3,(H,16,17);2H,1H2/b11-9+;;/t21-;14-;/m00./s1. The van der Waals surface area contributed by atoms with E-state index in [1.807, 2.05) is 18.2 Å². The van der Waals surface area contributed by atoms with Gasteiger partial charge in [0.2, 0.25) is 12.3 Å². The van der Waals surface area contributed by atoms with Gasteiger partial charge in [-0.05, 0) is 56.7 Å². The number of esters is 1. The van der Waals surface area contributed by atoms with Crippen LogP contribution in [0.15, 0.2) is 48.0 Å². The quantitative estimate of drug-likeness (QED) is 0.0200. The number of aldehydes is 1. The Morgan fingerprint density at radius 3 is 2.23 bits per heavy atom. The smallest absolute Gasteiger partial charge is 0.328 e. The molecule has 52 heavy (non-hydrogen) atoms. The second-order valence-corrected chi connectivity index (χ2v) is 12.7. The summed E-state index contributed by atoms with van der Waals surface area (Å²) in [7, 11) is 1.29. The minimum absolute atomic E-state index is 0.175. The first-order chi connectivity index (χ1) is 25.4. The fraction of sp³-hybridized carbons (Fsp3) is 0.538. The van der Waals surface area contributed by atoms with E-state index < -0.39 is 12.0 Å². The lowest BCUT2D eigenvalue weighted by atomic mass is 10.0. The molecule has 13 heteroatoms. The van der Waals surface area contributed by atoms with Gasteiger partial charge in [0.15, 0.2) is 5.13 Å². The predicted octanol–water partition coefficient (Wildman–Crippen LogP) is 6.76. The number of nitrogens with one attached hydrogen (secondary N) is 2. The number of amides is 2. The second kappa shape index (κ2) is 33.7. The number of carbonyl (C=O) groups excluding carboxylic acids is 5. The summed E-state index contributed by atoms with van der Waals surface area (Å²) in [6, 6.07) is 6.56. The Kier molecular flexibility index (Phi) is 30.9. The highest BCUT2D eigenvalue weighted by Gasteiger charge is 2.18. The first-order valence-electron chi connectivity index (χ1n) is 17.8. The number of benzene rings is 1. The monoisotopic (exact) mass is 742 g/mol. The van der Waals surface area contributed by atoms with Gasteiger partial charge in [-0.15, -0.1) is 17.3 Å². The van der Waals surface area contributed by atoms with Crippen LogP contribution in [0.5, 0.6) is 5.75 Å². The van der Waals surface area contributed by atoms with E-state index in [1.54, 1.807) is 30.6 Å². The minimum Gasteiger partial charge on any atom is -0.481 e. The molecule has 0 aliphatic carbocycles. The Balaban J connectivity index is 0.00000102. The van der Waals surface area contributed by atoms with E-state index in [9.17, 15) is 24.0 Å². The summed E-state index contributed by atoms with van der Waals surface area (Å²) in [5, 5.41) is 14.0. The molecule has 2 rings (SSSR count). The molecule has 1 heterocycles. The van der Waals surface area contributed by atoms with Crippen molar-refractivity contribution in [3.8, 4) is 17.6 Å². The predicted molar refractivity (Wildman–Crippen MR) is 205 cm³/mol. The topological polar surface area (TPSA) is 187 Å². The van der Waals surface area contributed by atoms with Crippen molar-refractivity contribution in [2.24, 2.45) is 11.8 Å². The zero-order chi connectivity index (χ0) is 38.7. The normalized spacial score (nSPS) is 11.2. The molecule has 0 unspecified atom stereocenters. The van der Waals surface area contributed by atoms with Crippen LogP contribution in [0, 0.1) is 17.8 Å². The number of carbonyl (C=O) groups is 5. The van der Waals surface area contributed by atoms with E-state index in [-0.39, 0.29) is 18.2 Å². The lowest BCUT2D eigenvalue weighted by Gasteiger charge is -2.13. The Labute approximate surface area is 313 Å². The SMILES string of the molecule is CC#CCOc1ccc(C[C@H](NC=O)C(=O)OC)cc1.CCCCCCCC(=O)CCCCCC/C=C/C[C@H](C=O)CC(=O)Nc1nccs1.NO. The molecule has 288 valence electrons. The average molecular weight is 743 g/mol. The van der Waals surface area contributed by atoms with E-state index in [0.29, 0.717) is 42.5 Å². The highest BCUT2D eigenvalue weighted by Crippen LogP contribution is 2.15. The molecule has 12 nitrogen and oxygen atoms in total. The van der Waals surface area contributed by atoms with Crippen LogP contribution in [0.25, 0.3) is 0 Å². The summed E-state index contributed by atoms with van der Waals surface area (Å²) in [5.41, 5.74) is 0.892. The first kappa shape index (κ1) is 47.6. The number of unbranched alkanes of at least 4 members (excludes halogenated alkanes) is 8. The highest BCUT2D eigenvalue weighted by molar-refractivity contribution is 7.13. The number of aromatic nitrogens is 1. The number of methoxy groups -OCH3 is 1. The van der Waals surface area contributed by atoms with Gasteiger partial charge in [0, 0.05) is 43.2 Å². The molecule has 0 radical (unpaired) electrons.